The fraction of sp³-hybridized carbons (Fsp3) is 0.263. The Kier molecular flexibility index (Phi) is 6.29. The number of rotatable bonds is 7. The molecule has 0 aliphatic rings. The van der Waals surface area contributed by atoms with Crippen LogP contribution >= 0.6 is 15.9 Å². The van der Waals surface area contributed by atoms with Crippen molar-refractivity contribution in [3.63, 3.8) is 0 Å². The molecule has 5 heteroatoms. The summed E-state index contributed by atoms with van der Waals surface area (Å²) < 4.78 is 1.03. The lowest BCUT2D eigenvalue weighted by atomic mass is 9.91. The van der Waals surface area contributed by atoms with E-state index < -0.39 is 5.97 Å². The molecule has 1 aromatic heterocycles. The van der Waals surface area contributed by atoms with Crippen molar-refractivity contribution >= 4 is 27.5 Å². The zero-order valence-corrected chi connectivity index (χ0v) is 15.5. The smallest absolute Gasteiger partial charge is 0.337 e. The maximum absolute atomic E-state index is 11.2. The number of pyridine rings is 1. The van der Waals surface area contributed by atoms with E-state index in [0.29, 0.717) is 5.69 Å². The van der Waals surface area contributed by atoms with Crippen molar-refractivity contribution in [1.29, 1.82) is 0 Å². The summed E-state index contributed by atoms with van der Waals surface area (Å²) in [6.07, 6.45) is 0.893. The first-order valence-electron chi connectivity index (χ1n) is 7.68. The first-order chi connectivity index (χ1) is 11.4. The third kappa shape index (κ3) is 4.76. The van der Waals surface area contributed by atoms with Crippen molar-refractivity contribution in [2.45, 2.75) is 12.3 Å². The minimum Gasteiger partial charge on any atom is -0.478 e. The molecule has 126 valence electrons. The Morgan fingerprint density at radius 2 is 1.92 bits per heavy atom. The van der Waals surface area contributed by atoms with Gasteiger partial charge in [-0.05, 0) is 56.9 Å². The second-order valence-electron chi connectivity index (χ2n) is 5.93. The van der Waals surface area contributed by atoms with Crippen LogP contribution in [0.25, 0.3) is 5.57 Å². The number of carbonyl (C=O) groups is 1. The number of hydrogen-bond donors (Lipinski definition) is 1. The summed E-state index contributed by atoms with van der Waals surface area (Å²) in [4.78, 5) is 17.8. The molecular weight excluding hydrogens is 368 g/mol. The molecule has 0 radical (unpaired) electrons. The fourth-order valence-electron chi connectivity index (χ4n) is 2.49. The Hall–Kier alpha value is -1.98. The zero-order valence-electron chi connectivity index (χ0n) is 13.9. The number of hydrogen-bond acceptors (Lipinski definition) is 3. The second kappa shape index (κ2) is 8.22. The fourth-order valence-corrected chi connectivity index (χ4v) is 2.76. The summed E-state index contributed by atoms with van der Waals surface area (Å²) in [5.74, 6) is -0.949. The van der Waals surface area contributed by atoms with Gasteiger partial charge >= 0.3 is 5.97 Å². The van der Waals surface area contributed by atoms with Crippen LogP contribution in [0.4, 0.5) is 0 Å². The molecule has 1 atom stereocenters. The monoisotopic (exact) mass is 388 g/mol. The molecule has 4 nitrogen and oxygen atoms in total. The Bertz CT molecular complexity index is 726. The number of carboxylic acid groups (broad SMARTS) is 1. The van der Waals surface area contributed by atoms with Crippen LogP contribution in [0.3, 0.4) is 0 Å². The summed E-state index contributed by atoms with van der Waals surface area (Å²) in [6.45, 7) is 4.52. The normalized spacial score (nSPS) is 12.2. The second-order valence-corrected chi connectivity index (χ2v) is 6.84. The summed E-state index contributed by atoms with van der Waals surface area (Å²) in [7, 11) is 4.07. The first-order valence-corrected chi connectivity index (χ1v) is 8.47. The third-order valence-corrected chi connectivity index (χ3v) is 4.36. The number of aliphatic carboxylic acids is 1. The van der Waals surface area contributed by atoms with Crippen molar-refractivity contribution in [2.24, 2.45) is 0 Å². The minimum atomic E-state index is -1.05. The SMILES string of the molecule is C=C(C(=O)O)c1cccc(C(CCN(C)C)c2ccc(Br)cc2)n1. The predicted molar refractivity (Wildman–Crippen MR) is 100 cm³/mol. The van der Waals surface area contributed by atoms with Crippen LogP contribution < -0.4 is 0 Å². The van der Waals surface area contributed by atoms with Gasteiger partial charge in [-0.2, -0.15) is 0 Å². The molecule has 2 rings (SSSR count). The van der Waals surface area contributed by atoms with Crippen LogP contribution in [0.15, 0.2) is 53.5 Å². The van der Waals surface area contributed by atoms with E-state index in [1.807, 2.05) is 38.4 Å². The number of benzene rings is 1. The molecule has 0 saturated heterocycles. The average Bonchev–Trinajstić information content (AvgIpc) is 2.56. The average molecular weight is 389 g/mol. The van der Waals surface area contributed by atoms with Gasteiger partial charge in [-0.1, -0.05) is 40.7 Å². The van der Waals surface area contributed by atoms with Crippen LogP contribution in [-0.4, -0.2) is 41.6 Å². The lowest BCUT2D eigenvalue weighted by Gasteiger charge is -2.20. The number of nitrogens with zero attached hydrogens (tertiary/aromatic N) is 2. The van der Waals surface area contributed by atoms with Gasteiger partial charge < -0.3 is 10.0 Å². The van der Waals surface area contributed by atoms with E-state index in [1.165, 1.54) is 0 Å². The highest BCUT2D eigenvalue weighted by atomic mass is 79.9. The topological polar surface area (TPSA) is 53.4 Å². The predicted octanol–water partition coefficient (Wildman–Crippen LogP) is 4.03. The summed E-state index contributed by atoms with van der Waals surface area (Å²) in [6, 6.07) is 13.6. The Morgan fingerprint density at radius 3 is 2.50 bits per heavy atom. The van der Waals surface area contributed by atoms with Crippen LogP contribution in [0.2, 0.25) is 0 Å². The van der Waals surface area contributed by atoms with E-state index in [9.17, 15) is 4.79 Å². The van der Waals surface area contributed by atoms with Crippen molar-refractivity contribution in [3.8, 4) is 0 Å². The molecular formula is C19H21BrN2O2. The maximum Gasteiger partial charge on any atom is 0.337 e. The van der Waals surface area contributed by atoms with Crippen molar-refractivity contribution < 1.29 is 9.90 Å². The molecule has 1 N–H and O–H groups in total. The van der Waals surface area contributed by atoms with Gasteiger partial charge in [0.05, 0.1) is 11.3 Å². The largest absolute Gasteiger partial charge is 0.478 e. The molecule has 0 aliphatic carbocycles. The van der Waals surface area contributed by atoms with E-state index in [4.69, 9.17) is 5.11 Å². The molecule has 0 saturated carbocycles. The molecule has 2 aromatic rings. The summed E-state index contributed by atoms with van der Waals surface area (Å²) in [5, 5.41) is 9.14. The van der Waals surface area contributed by atoms with E-state index in [0.717, 1.165) is 28.7 Å². The molecule has 1 heterocycles. The molecule has 0 spiro atoms. The van der Waals surface area contributed by atoms with Gasteiger partial charge in [0.1, 0.15) is 0 Å². The quantitative estimate of drug-likeness (QED) is 0.727. The minimum absolute atomic E-state index is 0.0130. The highest BCUT2D eigenvalue weighted by molar-refractivity contribution is 9.10. The van der Waals surface area contributed by atoms with Gasteiger partial charge in [0, 0.05) is 16.1 Å². The van der Waals surface area contributed by atoms with Crippen LogP contribution in [-0.2, 0) is 4.79 Å². The maximum atomic E-state index is 11.2. The van der Waals surface area contributed by atoms with Gasteiger partial charge in [-0.3, -0.25) is 4.98 Å². The van der Waals surface area contributed by atoms with Gasteiger partial charge in [0.25, 0.3) is 0 Å². The van der Waals surface area contributed by atoms with E-state index >= 15 is 0 Å². The van der Waals surface area contributed by atoms with Crippen LogP contribution in [0.5, 0.6) is 0 Å². The standard InChI is InChI=1S/C19H21BrN2O2/c1-13(19(23)24)17-5-4-6-18(21-17)16(11-12-22(2)3)14-7-9-15(20)10-8-14/h4-10,16H,1,11-12H2,2-3H3,(H,23,24). The highest BCUT2D eigenvalue weighted by Gasteiger charge is 2.18. The molecule has 1 aromatic carbocycles. The van der Waals surface area contributed by atoms with Gasteiger partial charge in [0.15, 0.2) is 0 Å². The van der Waals surface area contributed by atoms with Gasteiger partial charge in [-0.25, -0.2) is 4.79 Å². The molecule has 0 bridgehead atoms. The molecule has 0 amide bonds. The number of carboxylic acids is 1. The Morgan fingerprint density at radius 1 is 1.25 bits per heavy atom. The van der Waals surface area contributed by atoms with E-state index in [-0.39, 0.29) is 11.5 Å². The van der Waals surface area contributed by atoms with E-state index in [1.54, 1.807) is 6.07 Å². The summed E-state index contributed by atoms with van der Waals surface area (Å²) in [5.41, 5.74) is 2.44. The molecule has 0 aliphatic heterocycles. The van der Waals surface area contributed by atoms with E-state index in [2.05, 4.69) is 44.5 Å². The summed E-state index contributed by atoms with van der Waals surface area (Å²) >= 11 is 3.46. The number of halogens is 1. The lowest BCUT2D eigenvalue weighted by Crippen LogP contribution is -2.17. The van der Waals surface area contributed by atoms with Crippen LogP contribution in [0.1, 0.15) is 29.3 Å². The number of aromatic nitrogens is 1. The zero-order chi connectivity index (χ0) is 17.7. The van der Waals surface area contributed by atoms with Crippen molar-refractivity contribution in [1.82, 2.24) is 9.88 Å². The first kappa shape index (κ1) is 18.4. The molecule has 1 unspecified atom stereocenters. The molecule has 24 heavy (non-hydrogen) atoms. The highest BCUT2D eigenvalue weighted by Crippen LogP contribution is 2.29. The van der Waals surface area contributed by atoms with Crippen molar-refractivity contribution in [2.75, 3.05) is 20.6 Å². The molecule has 0 fully saturated rings. The van der Waals surface area contributed by atoms with Crippen molar-refractivity contribution in [3.05, 3.63) is 70.5 Å². The van der Waals surface area contributed by atoms with Gasteiger partial charge in [-0.15, -0.1) is 0 Å². The third-order valence-electron chi connectivity index (χ3n) is 3.83. The Balaban J connectivity index is 2.39. The van der Waals surface area contributed by atoms with Gasteiger partial charge in [0.2, 0.25) is 0 Å². The lowest BCUT2D eigenvalue weighted by molar-refractivity contribution is -0.130. The Labute approximate surface area is 151 Å². The van der Waals surface area contributed by atoms with Crippen LogP contribution in [0, 0.1) is 0 Å².